The zero-order chi connectivity index (χ0) is 20.3. The third-order valence-electron chi connectivity index (χ3n) is 3.52. The molecule has 0 radical (unpaired) electrons. The summed E-state index contributed by atoms with van der Waals surface area (Å²) in [6.45, 7) is 0. The minimum absolute atomic E-state index is 0.0387. The van der Waals surface area contributed by atoms with Crippen molar-refractivity contribution >= 4 is 39.9 Å². The molecule has 1 heterocycles. The second kappa shape index (κ2) is 7.80. The van der Waals surface area contributed by atoms with Gasteiger partial charge in [-0.25, -0.2) is 9.97 Å². The van der Waals surface area contributed by atoms with Gasteiger partial charge in [-0.3, -0.25) is 14.9 Å². The Bertz CT molecular complexity index is 1040. The molecule has 0 aliphatic heterocycles. The summed E-state index contributed by atoms with van der Waals surface area (Å²) >= 11 is 0.844. The molecule has 0 fully saturated rings. The molecule has 0 saturated carbocycles. The van der Waals surface area contributed by atoms with Crippen LogP contribution in [-0.4, -0.2) is 26.6 Å². The van der Waals surface area contributed by atoms with Crippen molar-refractivity contribution in [1.29, 1.82) is 0 Å². The van der Waals surface area contributed by atoms with Crippen LogP contribution in [0.2, 0.25) is 0 Å². The van der Waals surface area contributed by atoms with Gasteiger partial charge < -0.3 is 5.32 Å². The molecular formula is C17H11F3N4O3S. The fraction of sp³-hybridized carbons (Fsp3) is 0.118. The van der Waals surface area contributed by atoms with E-state index < -0.39 is 22.8 Å². The second-order valence-corrected chi connectivity index (χ2v) is 6.47. The summed E-state index contributed by atoms with van der Waals surface area (Å²) in [7, 11) is 0. The largest absolute Gasteiger partial charge is 0.451 e. The summed E-state index contributed by atoms with van der Waals surface area (Å²) in [6.07, 6.45) is -4.71. The lowest BCUT2D eigenvalue weighted by Crippen LogP contribution is -2.15. The van der Waals surface area contributed by atoms with Gasteiger partial charge in [0, 0.05) is 23.2 Å². The average Bonchev–Trinajstić information content (AvgIpc) is 2.65. The molecule has 2 aromatic carbocycles. The van der Waals surface area contributed by atoms with E-state index in [1.165, 1.54) is 30.3 Å². The number of halogens is 3. The normalized spacial score (nSPS) is 11.4. The van der Waals surface area contributed by atoms with Crippen molar-refractivity contribution in [2.24, 2.45) is 0 Å². The number of hydrogen-bond acceptors (Lipinski definition) is 6. The van der Waals surface area contributed by atoms with Crippen LogP contribution >= 0.6 is 11.8 Å². The van der Waals surface area contributed by atoms with E-state index in [0.717, 1.165) is 11.8 Å². The van der Waals surface area contributed by atoms with E-state index in [-0.39, 0.29) is 22.0 Å². The summed E-state index contributed by atoms with van der Waals surface area (Å²) in [6, 6.07) is 11.4. The van der Waals surface area contributed by atoms with Crippen LogP contribution in [0.3, 0.4) is 0 Å². The number of amides is 1. The fourth-order valence-electron chi connectivity index (χ4n) is 2.28. The van der Waals surface area contributed by atoms with Gasteiger partial charge in [0.1, 0.15) is 5.03 Å². The van der Waals surface area contributed by atoms with Crippen LogP contribution in [0, 0.1) is 10.1 Å². The Balaban J connectivity index is 1.75. The van der Waals surface area contributed by atoms with E-state index in [4.69, 9.17) is 0 Å². The molecule has 0 saturated heterocycles. The van der Waals surface area contributed by atoms with Gasteiger partial charge in [0.05, 0.1) is 16.2 Å². The van der Waals surface area contributed by atoms with Gasteiger partial charge in [0.25, 0.3) is 5.69 Å². The van der Waals surface area contributed by atoms with E-state index in [9.17, 15) is 28.1 Å². The van der Waals surface area contributed by atoms with Crippen molar-refractivity contribution < 1.29 is 22.9 Å². The Morgan fingerprint density at radius 1 is 1.11 bits per heavy atom. The number of carbonyl (C=O) groups is 1. The predicted molar refractivity (Wildman–Crippen MR) is 97.0 cm³/mol. The smallest absolute Gasteiger partial charge is 0.325 e. The maximum Gasteiger partial charge on any atom is 0.451 e. The van der Waals surface area contributed by atoms with Crippen LogP contribution in [0.1, 0.15) is 5.82 Å². The first-order chi connectivity index (χ1) is 13.2. The first kappa shape index (κ1) is 19.5. The standard InChI is InChI=1S/C17H11F3N4O3S/c18-17(19,20)16-22-13-4-2-1-3-12(13)15(23-16)28-9-14(25)21-10-5-7-11(8-6-10)24(26)27/h1-8H,9H2,(H,21,25). The number of para-hydroxylation sites is 1. The molecule has 28 heavy (non-hydrogen) atoms. The molecule has 1 N–H and O–H groups in total. The molecule has 0 aliphatic rings. The van der Waals surface area contributed by atoms with Crippen molar-refractivity contribution in [3.05, 3.63) is 64.5 Å². The highest BCUT2D eigenvalue weighted by molar-refractivity contribution is 8.00. The number of carbonyl (C=O) groups excluding carboxylic acids is 1. The molecule has 7 nitrogen and oxygen atoms in total. The van der Waals surface area contributed by atoms with E-state index >= 15 is 0 Å². The number of aromatic nitrogens is 2. The van der Waals surface area contributed by atoms with Gasteiger partial charge in [-0.1, -0.05) is 30.0 Å². The minimum atomic E-state index is -4.71. The van der Waals surface area contributed by atoms with E-state index in [0.29, 0.717) is 11.1 Å². The average molecular weight is 408 g/mol. The molecule has 0 atom stereocenters. The molecule has 1 amide bonds. The molecule has 1 aromatic heterocycles. The number of nitrogens with zero attached hydrogens (tertiary/aromatic N) is 3. The molecule has 11 heteroatoms. The fourth-order valence-corrected chi connectivity index (χ4v) is 3.10. The van der Waals surface area contributed by atoms with Gasteiger partial charge >= 0.3 is 6.18 Å². The predicted octanol–water partition coefficient (Wildman–Crippen LogP) is 4.29. The van der Waals surface area contributed by atoms with Gasteiger partial charge in [0.15, 0.2) is 0 Å². The maximum absolute atomic E-state index is 13.0. The minimum Gasteiger partial charge on any atom is -0.325 e. The highest BCUT2D eigenvalue weighted by atomic mass is 32.2. The monoisotopic (exact) mass is 408 g/mol. The maximum atomic E-state index is 13.0. The number of non-ortho nitro benzene ring substituents is 1. The number of benzene rings is 2. The lowest BCUT2D eigenvalue weighted by atomic mass is 10.2. The van der Waals surface area contributed by atoms with Crippen molar-refractivity contribution in [2.45, 2.75) is 11.2 Å². The number of nitro groups is 1. The first-order valence-electron chi connectivity index (χ1n) is 7.75. The number of anilines is 1. The zero-order valence-electron chi connectivity index (χ0n) is 13.9. The number of thioether (sulfide) groups is 1. The van der Waals surface area contributed by atoms with Crippen molar-refractivity contribution in [1.82, 2.24) is 9.97 Å². The van der Waals surface area contributed by atoms with Crippen LogP contribution in [0.25, 0.3) is 10.9 Å². The topological polar surface area (TPSA) is 98.0 Å². The number of nitro benzene ring substituents is 1. The number of alkyl halides is 3. The van der Waals surface area contributed by atoms with Crippen LogP contribution < -0.4 is 5.32 Å². The van der Waals surface area contributed by atoms with Gasteiger partial charge in [0.2, 0.25) is 11.7 Å². The van der Waals surface area contributed by atoms with Crippen LogP contribution in [0.15, 0.2) is 53.6 Å². The van der Waals surface area contributed by atoms with Crippen LogP contribution in [0.5, 0.6) is 0 Å². The summed E-state index contributed by atoms with van der Waals surface area (Å²) in [4.78, 5) is 29.2. The summed E-state index contributed by atoms with van der Waals surface area (Å²) in [5.41, 5.74) is 0.335. The summed E-state index contributed by atoms with van der Waals surface area (Å²) in [5.74, 6) is -1.96. The van der Waals surface area contributed by atoms with Gasteiger partial charge in [-0.15, -0.1) is 0 Å². The third kappa shape index (κ3) is 4.55. The Labute approximate surface area is 160 Å². The third-order valence-corrected chi connectivity index (χ3v) is 4.51. The molecule has 0 spiro atoms. The summed E-state index contributed by atoms with van der Waals surface area (Å²) in [5, 5.41) is 13.6. The second-order valence-electron chi connectivity index (χ2n) is 5.51. The number of rotatable bonds is 5. The summed E-state index contributed by atoms with van der Waals surface area (Å²) < 4.78 is 39.0. The number of nitrogens with one attached hydrogen (secondary N) is 1. The first-order valence-corrected chi connectivity index (χ1v) is 8.73. The highest BCUT2D eigenvalue weighted by Gasteiger charge is 2.35. The number of fused-ring (bicyclic) bond motifs is 1. The zero-order valence-corrected chi connectivity index (χ0v) is 14.8. The van der Waals surface area contributed by atoms with Crippen molar-refractivity contribution in [3.8, 4) is 0 Å². The molecule has 3 aromatic rings. The van der Waals surface area contributed by atoms with Crippen molar-refractivity contribution in [2.75, 3.05) is 11.1 Å². The number of hydrogen-bond donors (Lipinski definition) is 1. The Hall–Kier alpha value is -3.21. The molecule has 0 aliphatic carbocycles. The quantitative estimate of drug-likeness (QED) is 0.293. The van der Waals surface area contributed by atoms with Crippen molar-refractivity contribution in [3.63, 3.8) is 0 Å². The van der Waals surface area contributed by atoms with Gasteiger partial charge in [-0.05, 0) is 18.2 Å². The van der Waals surface area contributed by atoms with E-state index in [1.807, 2.05) is 0 Å². The molecule has 3 rings (SSSR count). The Kier molecular flexibility index (Phi) is 5.45. The Morgan fingerprint density at radius 2 is 1.79 bits per heavy atom. The lowest BCUT2D eigenvalue weighted by molar-refractivity contribution is -0.384. The molecular weight excluding hydrogens is 397 g/mol. The van der Waals surface area contributed by atoms with Crippen LogP contribution in [-0.2, 0) is 11.0 Å². The van der Waals surface area contributed by atoms with Gasteiger partial charge in [-0.2, -0.15) is 13.2 Å². The SMILES string of the molecule is O=C(CSc1nc(C(F)(F)F)nc2ccccc12)Nc1ccc([N+](=O)[O-])cc1. The molecule has 144 valence electrons. The molecule has 0 bridgehead atoms. The highest BCUT2D eigenvalue weighted by Crippen LogP contribution is 2.32. The van der Waals surface area contributed by atoms with E-state index in [1.54, 1.807) is 18.2 Å². The lowest BCUT2D eigenvalue weighted by Gasteiger charge is -2.10. The Morgan fingerprint density at radius 3 is 2.43 bits per heavy atom. The van der Waals surface area contributed by atoms with E-state index in [2.05, 4.69) is 15.3 Å². The van der Waals surface area contributed by atoms with Crippen LogP contribution in [0.4, 0.5) is 24.5 Å². The molecule has 0 unspecified atom stereocenters.